The molecule has 1 spiro atoms. The highest BCUT2D eigenvalue weighted by atomic mass is 35.5. The van der Waals surface area contributed by atoms with Gasteiger partial charge in [0.05, 0.1) is 11.2 Å². The van der Waals surface area contributed by atoms with E-state index in [1.54, 1.807) is 13.1 Å². The summed E-state index contributed by atoms with van der Waals surface area (Å²) in [6, 6.07) is 1.86. The minimum Gasteiger partial charge on any atom is -0.342 e. The van der Waals surface area contributed by atoms with Crippen LogP contribution in [0.5, 0.6) is 0 Å². The summed E-state index contributed by atoms with van der Waals surface area (Å²) in [4.78, 5) is 31.0. The van der Waals surface area contributed by atoms with Crippen molar-refractivity contribution in [3.05, 3.63) is 29.2 Å². The molecule has 0 unspecified atom stereocenters. The molecule has 7 nitrogen and oxygen atoms in total. The molecule has 2 aromatic heterocycles. The zero-order valence-corrected chi connectivity index (χ0v) is 19.7. The number of aromatic nitrogens is 3. The van der Waals surface area contributed by atoms with Gasteiger partial charge in [-0.15, -0.1) is 0 Å². The lowest BCUT2D eigenvalue weighted by molar-refractivity contribution is -0.128. The van der Waals surface area contributed by atoms with Crippen LogP contribution >= 0.6 is 11.6 Å². The summed E-state index contributed by atoms with van der Waals surface area (Å²) in [6.45, 7) is 8.56. The van der Waals surface area contributed by atoms with Crippen LogP contribution in [-0.2, 0) is 22.6 Å². The van der Waals surface area contributed by atoms with Crippen molar-refractivity contribution in [3.8, 4) is 11.1 Å². The van der Waals surface area contributed by atoms with Crippen molar-refractivity contribution in [2.45, 2.75) is 59.4 Å². The molecule has 2 aromatic rings. The molecule has 32 heavy (non-hydrogen) atoms. The number of halogens is 1. The second-order valence-corrected chi connectivity index (χ2v) is 11.1. The van der Waals surface area contributed by atoms with Crippen molar-refractivity contribution >= 4 is 29.2 Å². The van der Waals surface area contributed by atoms with Gasteiger partial charge in [-0.2, -0.15) is 5.10 Å². The van der Waals surface area contributed by atoms with Crippen LogP contribution in [0.1, 0.15) is 52.1 Å². The lowest BCUT2D eigenvalue weighted by atomic mass is 9.84. The molecule has 1 saturated carbocycles. The highest BCUT2D eigenvalue weighted by molar-refractivity contribution is 6.33. The van der Waals surface area contributed by atoms with Crippen molar-refractivity contribution < 1.29 is 9.59 Å². The van der Waals surface area contributed by atoms with Crippen molar-refractivity contribution in [3.63, 3.8) is 0 Å². The molecule has 0 aromatic carbocycles. The van der Waals surface area contributed by atoms with Crippen molar-refractivity contribution in [1.82, 2.24) is 19.7 Å². The van der Waals surface area contributed by atoms with E-state index in [9.17, 15) is 9.59 Å². The number of likely N-dealkylation sites (tertiary alicyclic amines) is 1. The number of amides is 2. The molecule has 5 rings (SSSR count). The lowest BCUT2D eigenvalue weighted by Gasteiger charge is -2.23. The zero-order chi connectivity index (χ0) is 22.7. The third kappa shape index (κ3) is 3.81. The average molecular weight is 456 g/mol. The average Bonchev–Trinajstić information content (AvgIpc) is 3.48. The van der Waals surface area contributed by atoms with Gasteiger partial charge >= 0.3 is 0 Å². The molecule has 1 aliphatic carbocycles. The van der Waals surface area contributed by atoms with E-state index < -0.39 is 0 Å². The Morgan fingerprint density at radius 2 is 2.00 bits per heavy atom. The number of nitrogens with zero attached hydrogens (tertiary/aromatic N) is 4. The van der Waals surface area contributed by atoms with Crippen LogP contribution in [0.3, 0.4) is 0 Å². The van der Waals surface area contributed by atoms with Crippen LogP contribution in [0, 0.1) is 16.7 Å². The van der Waals surface area contributed by atoms with Gasteiger partial charge in [0.1, 0.15) is 5.82 Å². The van der Waals surface area contributed by atoms with Crippen LogP contribution in [0.2, 0.25) is 5.02 Å². The predicted octanol–water partition coefficient (Wildman–Crippen LogP) is 4.16. The summed E-state index contributed by atoms with van der Waals surface area (Å²) < 4.78 is 2.05. The molecule has 0 radical (unpaired) electrons. The van der Waals surface area contributed by atoms with E-state index in [-0.39, 0.29) is 28.6 Å². The number of anilines is 1. The normalized spacial score (nSPS) is 26.0. The third-order valence-corrected chi connectivity index (χ3v) is 7.83. The Morgan fingerprint density at radius 1 is 1.19 bits per heavy atom. The van der Waals surface area contributed by atoms with E-state index in [0.717, 1.165) is 62.9 Å². The summed E-state index contributed by atoms with van der Waals surface area (Å²) in [6.07, 6.45) is 8.06. The largest absolute Gasteiger partial charge is 0.342 e. The van der Waals surface area contributed by atoms with Gasteiger partial charge in [0.2, 0.25) is 11.8 Å². The second-order valence-electron chi connectivity index (χ2n) is 10.7. The molecule has 2 fully saturated rings. The molecular formula is C24H30ClN5O2. The molecule has 170 valence electrons. The van der Waals surface area contributed by atoms with Crippen molar-refractivity contribution in [2.75, 3.05) is 18.4 Å². The number of carbonyl (C=O) groups excluding carboxylic acids is 2. The van der Waals surface area contributed by atoms with Gasteiger partial charge in [0.25, 0.3) is 0 Å². The van der Waals surface area contributed by atoms with Crippen LogP contribution < -0.4 is 5.32 Å². The van der Waals surface area contributed by atoms with E-state index in [2.05, 4.69) is 29.2 Å². The minimum absolute atomic E-state index is 0.00490. The van der Waals surface area contributed by atoms with Gasteiger partial charge in [0.15, 0.2) is 0 Å². The standard InChI is InChI=1S/C24H30ClN5O2/c1-15(31)29-7-6-24(14-29)5-4-16(9-24)22(32)28-21-8-17(19(25)12-26-21)18-11-27-30-13-23(2,3)10-20(18)30/h8,11-12,16H,4-7,9-10,13-14H2,1-3H3,(H,26,28,32)/t16-,24-/m1/s1. The van der Waals surface area contributed by atoms with Gasteiger partial charge in [0, 0.05) is 55.5 Å². The first kappa shape index (κ1) is 21.4. The molecule has 0 bridgehead atoms. The Balaban J connectivity index is 1.31. The Labute approximate surface area is 193 Å². The quantitative estimate of drug-likeness (QED) is 0.753. The van der Waals surface area contributed by atoms with Gasteiger partial charge < -0.3 is 10.2 Å². The fraction of sp³-hybridized carbons (Fsp3) is 0.583. The third-order valence-electron chi connectivity index (χ3n) is 7.53. The number of fused-ring (bicyclic) bond motifs is 1. The van der Waals surface area contributed by atoms with Gasteiger partial charge in [-0.1, -0.05) is 25.4 Å². The molecule has 4 heterocycles. The molecule has 2 atom stereocenters. The summed E-state index contributed by atoms with van der Waals surface area (Å²) in [5.41, 5.74) is 3.30. The van der Waals surface area contributed by atoms with E-state index in [4.69, 9.17) is 11.6 Å². The molecule has 3 aliphatic rings. The zero-order valence-electron chi connectivity index (χ0n) is 18.9. The lowest BCUT2D eigenvalue weighted by Crippen LogP contribution is -2.30. The summed E-state index contributed by atoms with van der Waals surface area (Å²) in [7, 11) is 0. The number of hydrogen-bond donors (Lipinski definition) is 1. The molecule has 1 N–H and O–H groups in total. The number of nitrogens with one attached hydrogen (secondary N) is 1. The van der Waals surface area contributed by atoms with E-state index in [1.807, 2.05) is 21.8 Å². The Kier molecular flexibility index (Phi) is 5.08. The van der Waals surface area contributed by atoms with Crippen LogP contribution in [0.25, 0.3) is 11.1 Å². The predicted molar refractivity (Wildman–Crippen MR) is 123 cm³/mol. The van der Waals surface area contributed by atoms with Gasteiger partial charge in [-0.3, -0.25) is 14.3 Å². The second kappa shape index (κ2) is 7.58. The van der Waals surface area contributed by atoms with Gasteiger partial charge in [-0.05, 0) is 49.0 Å². The molecule has 2 amide bonds. The smallest absolute Gasteiger partial charge is 0.228 e. The molecule has 8 heteroatoms. The van der Waals surface area contributed by atoms with Crippen LogP contribution in [-0.4, -0.2) is 44.6 Å². The van der Waals surface area contributed by atoms with E-state index >= 15 is 0 Å². The van der Waals surface area contributed by atoms with Crippen molar-refractivity contribution in [1.29, 1.82) is 0 Å². The molecular weight excluding hydrogens is 426 g/mol. The Morgan fingerprint density at radius 3 is 2.75 bits per heavy atom. The first-order valence-corrected chi connectivity index (χ1v) is 11.8. The minimum atomic E-state index is -0.0518. The number of rotatable bonds is 3. The van der Waals surface area contributed by atoms with Gasteiger partial charge in [-0.25, -0.2) is 4.98 Å². The maximum atomic E-state index is 13.0. The van der Waals surface area contributed by atoms with E-state index in [0.29, 0.717) is 10.8 Å². The number of hydrogen-bond acceptors (Lipinski definition) is 4. The SMILES string of the molecule is CC(=O)N1CC[C@@]2(CC[C@@H](C(=O)Nc3cc(-c4cnn5c4CC(C)(C)C5)c(Cl)cn3)C2)C1. The number of pyridine rings is 1. The van der Waals surface area contributed by atoms with E-state index in [1.165, 1.54) is 5.69 Å². The summed E-state index contributed by atoms with van der Waals surface area (Å²) >= 11 is 6.50. The summed E-state index contributed by atoms with van der Waals surface area (Å²) in [5.74, 6) is 0.598. The highest BCUT2D eigenvalue weighted by Gasteiger charge is 2.46. The fourth-order valence-electron chi connectivity index (χ4n) is 5.82. The van der Waals surface area contributed by atoms with Crippen molar-refractivity contribution in [2.24, 2.45) is 16.7 Å². The molecule has 2 aliphatic heterocycles. The fourth-order valence-corrected chi connectivity index (χ4v) is 6.03. The maximum absolute atomic E-state index is 13.0. The monoisotopic (exact) mass is 455 g/mol. The Hall–Kier alpha value is -2.41. The number of carbonyl (C=O) groups is 2. The topological polar surface area (TPSA) is 80.1 Å². The van der Waals surface area contributed by atoms with Crippen LogP contribution in [0.4, 0.5) is 5.82 Å². The first-order valence-electron chi connectivity index (χ1n) is 11.4. The molecule has 1 saturated heterocycles. The first-order chi connectivity index (χ1) is 15.1. The Bertz CT molecular complexity index is 1090. The van der Waals surface area contributed by atoms with Crippen LogP contribution in [0.15, 0.2) is 18.5 Å². The highest BCUT2D eigenvalue weighted by Crippen LogP contribution is 2.48. The maximum Gasteiger partial charge on any atom is 0.228 e. The summed E-state index contributed by atoms with van der Waals surface area (Å²) in [5, 5.41) is 8.12.